The summed E-state index contributed by atoms with van der Waals surface area (Å²) in [6.07, 6.45) is 0. The lowest BCUT2D eigenvalue weighted by molar-refractivity contribution is 0.322. The lowest BCUT2D eigenvalue weighted by Gasteiger charge is -2.27. The first kappa shape index (κ1) is 21.8. The first-order valence-electron chi connectivity index (χ1n) is 10.5. The second-order valence-corrected chi connectivity index (χ2v) is 11.8. The highest BCUT2D eigenvalue weighted by molar-refractivity contribution is 7.81. The van der Waals surface area contributed by atoms with E-state index >= 15 is 0 Å². The lowest BCUT2D eigenvalue weighted by atomic mass is 10.1. The van der Waals surface area contributed by atoms with E-state index in [2.05, 4.69) is 111 Å². The van der Waals surface area contributed by atoms with E-state index in [1.165, 1.54) is 15.9 Å². The van der Waals surface area contributed by atoms with Crippen molar-refractivity contribution in [3.8, 4) is 0 Å². The number of benzene rings is 3. The molecule has 4 rings (SSSR count). The Morgan fingerprint density at radius 2 is 1.32 bits per heavy atom. The van der Waals surface area contributed by atoms with Gasteiger partial charge >= 0.3 is 0 Å². The molecule has 4 aromatic rings. The molecule has 0 saturated carbocycles. The van der Waals surface area contributed by atoms with E-state index in [9.17, 15) is 4.57 Å². The molecular weight excluding hydrogens is 416 g/mol. The molecule has 2 atom stereocenters. The maximum Gasteiger partial charge on any atom is 0.0736 e. The molecule has 0 aliphatic carbocycles. The molecule has 0 aliphatic rings. The van der Waals surface area contributed by atoms with Crippen molar-refractivity contribution in [1.82, 2.24) is 4.90 Å². The van der Waals surface area contributed by atoms with Crippen LogP contribution in [0.4, 0.5) is 0 Å². The molecule has 4 heteroatoms. The van der Waals surface area contributed by atoms with Crippen molar-refractivity contribution in [2.75, 3.05) is 14.1 Å². The normalized spacial score (nSPS) is 13.5. The van der Waals surface area contributed by atoms with Crippen molar-refractivity contribution < 1.29 is 4.57 Å². The molecule has 0 amide bonds. The maximum atomic E-state index is 14.0. The van der Waals surface area contributed by atoms with Crippen LogP contribution in [0.1, 0.15) is 18.5 Å². The summed E-state index contributed by atoms with van der Waals surface area (Å²) in [5.41, 5.74) is 1.16. The fraction of sp³-hybridized carbons (Fsp3) is 0.148. The fourth-order valence-corrected chi connectivity index (χ4v) is 8.51. The van der Waals surface area contributed by atoms with E-state index in [1.807, 2.05) is 18.2 Å². The summed E-state index contributed by atoms with van der Waals surface area (Å²) in [6.45, 7) is 2.17. The molecule has 4 aromatic carbocycles. The number of rotatable bonds is 7. The van der Waals surface area contributed by atoms with Crippen molar-refractivity contribution >= 4 is 42.2 Å². The first-order valence-corrected chi connectivity index (χ1v) is 13.3. The Kier molecular flexibility index (Phi) is 6.93. The van der Waals surface area contributed by atoms with Crippen molar-refractivity contribution in [2.24, 2.45) is 0 Å². The number of nitrogens with zero attached hydrogens (tertiary/aromatic N) is 1. The van der Waals surface area contributed by atoms with E-state index < -0.39 is 15.7 Å². The van der Waals surface area contributed by atoms with Crippen LogP contribution in [-0.4, -0.2) is 19.0 Å². The minimum atomic E-state index is -2.16. The van der Waals surface area contributed by atoms with Crippen molar-refractivity contribution in [1.29, 1.82) is 0 Å². The van der Waals surface area contributed by atoms with Gasteiger partial charge in [0.25, 0.3) is 0 Å². The molecule has 0 fully saturated rings. The van der Waals surface area contributed by atoms with Crippen LogP contribution in [0, 0.1) is 0 Å². The van der Waals surface area contributed by atoms with Crippen LogP contribution in [0.3, 0.4) is 0 Å². The summed E-state index contributed by atoms with van der Waals surface area (Å²) >= 11 is 0. The molecule has 0 unspecified atom stereocenters. The molecule has 0 saturated heterocycles. The first-order chi connectivity index (χ1) is 15.1. The van der Waals surface area contributed by atoms with E-state index in [1.54, 1.807) is 0 Å². The largest absolute Gasteiger partial charge is 0.331 e. The molecule has 0 spiro atoms. The Morgan fingerprint density at radius 3 is 1.90 bits per heavy atom. The van der Waals surface area contributed by atoms with Gasteiger partial charge in [-0.1, -0.05) is 84.9 Å². The Bertz CT molecular complexity index is 1110. The molecule has 2 nitrogen and oxygen atoms in total. The van der Waals surface area contributed by atoms with Gasteiger partial charge in [0.2, 0.25) is 0 Å². The van der Waals surface area contributed by atoms with Gasteiger partial charge in [-0.05, 0) is 44.9 Å². The Labute approximate surface area is 187 Å². The average molecular weight is 444 g/mol. The number of hydrogen-bond donors (Lipinski definition) is 0. The summed E-state index contributed by atoms with van der Waals surface area (Å²) in [7, 11) is 1.18. The molecular formula is C27H28NOP2-. The van der Waals surface area contributed by atoms with Crippen LogP contribution in [0.2, 0.25) is 0 Å². The van der Waals surface area contributed by atoms with Crippen LogP contribution >= 0.6 is 15.7 Å². The van der Waals surface area contributed by atoms with E-state index in [-0.39, 0.29) is 6.04 Å². The number of hydrogen-bond acceptors (Lipinski definition) is 2. The highest BCUT2D eigenvalue weighted by atomic mass is 31.1. The highest BCUT2D eigenvalue weighted by Gasteiger charge is 2.22. The molecule has 0 radical (unpaired) electrons. The van der Waals surface area contributed by atoms with Gasteiger partial charge in [0.1, 0.15) is 0 Å². The Morgan fingerprint density at radius 1 is 0.774 bits per heavy atom. The van der Waals surface area contributed by atoms with Gasteiger partial charge in [0.15, 0.2) is 0 Å². The third-order valence-corrected chi connectivity index (χ3v) is 10.3. The second-order valence-electron chi connectivity index (χ2n) is 7.89. The van der Waals surface area contributed by atoms with Gasteiger partial charge in [-0.3, -0.25) is 0 Å². The third-order valence-electron chi connectivity index (χ3n) is 5.74. The van der Waals surface area contributed by atoms with Crippen LogP contribution < -0.4 is 26.5 Å². The van der Waals surface area contributed by atoms with Gasteiger partial charge in [-0.15, -0.1) is 10.9 Å². The smallest absolute Gasteiger partial charge is 0.0736 e. The Hall–Kier alpha value is -2.37. The zero-order chi connectivity index (χ0) is 21.8. The lowest BCUT2D eigenvalue weighted by Crippen LogP contribution is -2.31. The quantitative estimate of drug-likeness (QED) is 0.313. The molecule has 31 heavy (non-hydrogen) atoms. The summed E-state index contributed by atoms with van der Waals surface area (Å²) in [5.74, 6) is 0. The third kappa shape index (κ3) is 4.63. The Balaban J connectivity index is 1.85. The van der Waals surface area contributed by atoms with Gasteiger partial charge < -0.3 is 9.46 Å². The van der Waals surface area contributed by atoms with Crippen LogP contribution in [0.15, 0.2) is 103 Å². The molecule has 0 bridgehead atoms. The molecule has 0 N–H and O–H groups in total. The predicted octanol–water partition coefficient (Wildman–Crippen LogP) is 4.30. The highest BCUT2D eigenvalue weighted by Crippen LogP contribution is 2.35. The minimum absolute atomic E-state index is 0.218. The van der Waals surface area contributed by atoms with Gasteiger partial charge in [-0.2, -0.15) is 12.1 Å². The summed E-state index contributed by atoms with van der Waals surface area (Å²) in [4.78, 5) is 2.17. The molecule has 158 valence electrons. The van der Waals surface area contributed by atoms with Crippen LogP contribution in [0.5, 0.6) is 0 Å². The van der Waals surface area contributed by atoms with Crippen molar-refractivity contribution in [2.45, 2.75) is 13.0 Å². The molecule has 0 heterocycles. The predicted molar refractivity (Wildman–Crippen MR) is 138 cm³/mol. The fourth-order valence-electron chi connectivity index (χ4n) is 3.87. The maximum absolute atomic E-state index is 14.0. The molecule has 0 aromatic heterocycles. The summed E-state index contributed by atoms with van der Waals surface area (Å²) in [5, 5.41) is 5.69. The zero-order valence-electron chi connectivity index (χ0n) is 18.2. The van der Waals surface area contributed by atoms with Crippen LogP contribution in [0.25, 0.3) is 0 Å². The average Bonchev–Trinajstić information content (AvgIpc) is 3.30. The standard InChI is InChI=1S/C27H28NOP2/c1-21(28(2)3)24-17-12-20-25(24)31(29)27-19-11-10-18-26(27)30(22-13-6-4-7-14-22)23-15-8-5-9-16-23/h4-21,31H,1-3H3/q-1/t21-/m0/s1. The summed E-state index contributed by atoms with van der Waals surface area (Å²) < 4.78 is 14.0. The molecule has 0 aliphatic heterocycles. The van der Waals surface area contributed by atoms with E-state index in [0.717, 1.165) is 16.2 Å². The topological polar surface area (TPSA) is 20.3 Å². The minimum Gasteiger partial charge on any atom is -0.331 e. The second kappa shape index (κ2) is 9.84. The SMILES string of the molecule is C[C@@H](c1[cH-]ccc1[P@H](=O)c1ccccc1P(c1ccccc1)c1ccccc1)N(C)C. The van der Waals surface area contributed by atoms with Crippen LogP contribution in [-0.2, 0) is 4.57 Å². The van der Waals surface area contributed by atoms with Crippen molar-refractivity contribution in [3.05, 3.63) is 109 Å². The van der Waals surface area contributed by atoms with Gasteiger partial charge in [0, 0.05) is 11.3 Å². The van der Waals surface area contributed by atoms with Gasteiger partial charge in [0.05, 0.1) is 7.80 Å². The van der Waals surface area contributed by atoms with Gasteiger partial charge in [-0.25, -0.2) is 6.07 Å². The monoisotopic (exact) mass is 444 g/mol. The van der Waals surface area contributed by atoms with E-state index in [0.29, 0.717) is 0 Å². The summed E-state index contributed by atoms with van der Waals surface area (Å²) in [6, 6.07) is 36.0. The van der Waals surface area contributed by atoms with E-state index in [4.69, 9.17) is 0 Å². The van der Waals surface area contributed by atoms with Crippen molar-refractivity contribution in [3.63, 3.8) is 0 Å². The zero-order valence-corrected chi connectivity index (χ0v) is 20.1.